The molecule has 1 N–H and O–H groups in total. The van der Waals surface area contributed by atoms with Gasteiger partial charge in [0.25, 0.3) is 0 Å². The number of rotatable bonds is 2. The summed E-state index contributed by atoms with van der Waals surface area (Å²) in [6, 6.07) is 1.89. The average molecular weight is 223 g/mol. The highest BCUT2D eigenvalue weighted by molar-refractivity contribution is 5.89. The van der Waals surface area contributed by atoms with E-state index in [1.807, 2.05) is 23.9 Å². The lowest BCUT2D eigenvalue weighted by Crippen LogP contribution is -2.43. The molecule has 0 spiro atoms. The zero-order chi connectivity index (χ0) is 11.5. The lowest BCUT2D eigenvalue weighted by Gasteiger charge is -2.28. The number of esters is 1. The van der Waals surface area contributed by atoms with Crippen LogP contribution in [0.3, 0.4) is 0 Å². The second-order valence-electron chi connectivity index (χ2n) is 3.92. The number of carbonyl (C=O) groups is 1. The van der Waals surface area contributed by atoms with Gasteiger partial charge < -0.3 is 19.5 Å². The molecular weight excluding hydrogens is 206 g/mol. The number of ether oxygens (including phenoxy) is 1. The summed E-state index contributed by atoms with van der Waals surface area (Å²) in [5, 5.41) is 3.30. The van der Waals surface area contributed by atoms with E-state index in [-0.39, 0.29) is 5.97 Å². The first-order valence-electron chi connectivity index (χ1n) is 5.42. The van der Waals surface area contributed by atoms with Crippen LogP contribution in [0.1, 0.15) is 10.5 Å². The second-order valence-corrected chi connectivity index (χ2v) is 3.92. The Bertz CT molecular complexity index is 381. The summed E-state index contributed by atoms with van der Waals surface area (Å²) in [5.41, 5.74) is 1.68. The molecule has 2 heterocycles. The molecule has 0 bridgehead atoms. The van der Waals surface area contributed by atoms with Gasteiger partial charge in [-0.1, -0.05) is 0 Å². The summed E-state index contributed by atoms with van der Waals surface area (Å²) in [4.78, 5) is 13.7. The van der Waals surface area contributed by atoms with Gasteiger partial charge in [0.2, 0.25) is 0 Å². The standard InChI is InChI=1S/C11H17N3O2/c1-13-8-9(7-10(13)11(15)16-2)14-5-3-12-4-6-14/h7-8,12H,3-6H2,1-2H3. The van der Waals surface area contributed by atoms with Gasteiger partial charge in [-0.25, -0.2) is 4.79 Å². The van der Waals surface area contributed by atoms with Crippen LogP contribution < -0.4 is 10.2 Å². The molecule has 0 amide bonds. The smallest absolute Gasteiger partial charge is 0.354 e. The Balaban J connectivity index is 2.19. The molecule has 0 atom stereocenters. The molecule has 1 saturated heterocycles. The topological polar surface area (TPSA) is 46.5 Å². The van der Waals surface area contributed by atoms with Crippen molar-refractivity contribution in [2.75, 3.05) is 38.2 Å². The van der Waals surface area contributed by atoms with Crippen LogP contribution in [0.5, 0.6) is 0 Å². The Morgan fingerprint density at radius 2 is 2.12 bits per heavy atom. The molecule has 0 radical (unpaired) electrons. The number of aromatic nitrogens is 1. The number of hydrogen-bond donors (Lipinski definition) is 1. The second kappa shape index (κ2) is 4.57. The van der Waals surface area contributed by atoms with Crippen LogP contribution in [-0.2, 0) is 11.8 Å². The molecule has 1 aromatic heterocycles. The summed E-state index contributed by atoms with van der Waals surface area (Å²) in [5.74, 6) is -0.288. The van der Waals surface area contributed by atoms with Crippen LogP contribution in [0.25, 0.3) is 0 Å². The fraction of sp³-hybridized carbons (Fsp3) is 0.545. The van der Waals surface area contributed by atoms with Crippen LogP contribution in [0.15, 0.2) is 12.3 Å². The highest BCUT2D eigenvalue weighted by Gasteiger charge is 2.16. The molecule has 5 heteroatoms. The van der Waals surface area contributed by atoms with Gasteiger partial charge in [-0.15, -0.1) is 0 Å². The molecule has 2 rings (SSSR count). The predicted octanol–water partition coefficient (Wildman–Crippen LogP) is 0.221. The molecule has 1 aliphatic heterocycles. The van der Waals surface area contributed by atoms with E-state index in [0.717, 1.165) is 31.9 Å². The third kappa shape index (κ3) is 2.04. The molecule has 16 heavy (non-hydrogen) atoms. The summed E-state index contributed by atoms with van der Waals surface area (Å²) in [7, 11) is 3.26. The molecule has 0 saturated carbocycles. The summed E-state index contributed by atoms with van der Waals surface area (Å²) in [6.45, 7) is 3.93. The molecule has 0 unspecified atom stereocenters. The van der Waals surface area contributed by atoms with E-state index < -0.39 is 0 Å². The quantitative estimate of drug-likeness (QED) is 0.729. The molecule has 1 aromatic rings. The molecule has 1 fully saturated rings. The van der Waals surface area contributed by atoms with E-state index >= 15 is 0 Å². The van der Waals surface area contributed by atoms with Crippen molar-refractivity contribution in [1.29, 1.82) is 0 Å². The number of nitrogens with zero attached hydrogens (tertiary/aromatic N) is 2. The van der Waals surface area contributed by atoms with Gasteiger partial charge in [0.05, 0.1) is 12.8 Å². The maximum Gasteiger partial charge on any atom is 0.354 e. The monoisotopic (exact) mass is 223 g/mol. The van der Waals surface area contributed by atoms with Crippen molar-refractivity contribution in [2.24, 2.45) is 7.05 Å². The first-order chi connectivity index (χ1) is 7.72. The van der Waals surface area contributed by atoms with E-state index in [2.05, 4.69) is 10.2 Å². The highest BCUT2D eigenvalue weighted by atomic mass is 16.5. The Morgan fingerprint density at radius 1 is 1.44 bits per heavy atom. The van der Waals surface area contributed by atoms with Gasteiger partial charge in [0.1, 0.15) is 5.69 Å². The fourth-order valence-corrected chi connectivity index (χ4v) is 1.95. The van der Waals surface area contributed by atoms with Crippen molar-refractivity contribution < 1.29 is 9.53 Å². The number of piperazine rings is 1. The Labute approximate surface area is 95.0 Å². The van der Waals surface area contributed by atoms with Crippen LogP contribution >= 0.6 is 0 Å². The van der Waals surface area contributed by atoms with Crippen molar-refractivity contribution in [3.05, 3.63) is 18.0 Å². The van der Waals surface area contributed by atoms with Crippen molar-refractivity contribution in [3.63, 3.8) is 0 Å². The third-order valence-corrected chi connectivity index (χ3v) is 2.87. The summed E-state index contributed by atoms with van der Waals surface area (Å²) < 4.78 is 6.54. The first kappa shape index (κ1) is 11.0. The number of carbonyl (C=O) groups excluding carboxylic acids is 1. The molecule has 1 aliphatic rings. The molecule has 5 nitrogen and oxygen atoms in total. The van der Waals surface area contributed by atoms with Crippen LogP contribution in [0.4, 0.5) is 5.69 Å². The number of aryl methyl sites for hydroxylation is 1. The molecule has 0 aromatic carbocycles. The van der Waals surface area contributed by atoms with E-state index in [1.165, 1.54) is 7.11 Å². The molecule has 88 valence electrons. The van der Waals surface area contributed by atoms with Crippen molar-refractivity contribution >= 4 is 11.7 Å². The van der Waals surface area contributed by atoms with Crippen molar-refractivity contribution in [2.45, 2.75) is 0 Å². The minimum Gasteiger partial charge on any atom is -0.464 e. The van der Waals surface area contributed by atoms with Gasteiger partial charge in [0.15, 0.2) is 0 Å². The van der Waals surface area contributed by atoms with E-state index in [9.17, 15) is 4.79 Å². The highest BCUT2D eigenvalue weighted by Crippen LogP contribution is 2.18. The number of methoxy groups -OCH3 is 1. The number of hydrogen-bond acceptors (Lipinski definition) is 4. The molecule has 0 aliphatic carbocycles. The Hall–Kier alpha value is -1.49. The van der Waals surface area contributed by atoms with Crippen LogP contribution in [0, 0.1) is 0 Å². The normalized spacial score (nSPS) is 16.2. The number of nitrogens with one attached hydrogen (secondary N) is 1. The van der Waals surface area contributed by atoms with Gasteiger partial charge in [-0.2, -0.15) is 0 Å². The van der Waals surface area contributed by atoms with Gasteiger partial charge in [-0.3, -0.25) is 0 Å². The minimum absolute atomic E-state index is 0.288. The van der Waals surface area contributed by atoms with E-state index in [0.29, 0.717) is 5.69 Å². The Kier molecular flexibility index (Phi) is 3.14. The maximum absolute atomic E-state index is 11.5. The largest absolute Gasteiger partial charge is 0.464 e. The van der Waals surface area contributed by atoms with Crippen molar-refractivity contribution in [1.82, 2.24) is 9.88 Å². The van der Waals surface area contributed by atoms with Crippen molar-refractivity contribution in [3.8, 4) is 0 Å². The predicted molar refractivity (Wildman–Crippen MR) is 61.8 cm³/mol. The lowest BCUT2D eigenvalue weighted by molar-refractivity contribution is 0.0590. The van der Waals surface area contributed by atoms with Gasteiger partial charge in [0, 0.05) is 39.4 Å². The maximum atomic E-state index is 11.5. The molecular formula is C11H17N3O2. The number of anilines is 1. The fourth-order valence-electron chi connectivity index (χ4n) is 1.95. The van der Waals surface area contributed by atoms with E-state index in [1.54, 1.807) is 0 Å². The SMILES string of the molecule is COC(=O)c1cc(N2CCNCC2)cn1C. The zero-order valence-corrected chi connectivity index (χ0v) is 9.69. The van der Waals surface area contributed by atoms with E-state index in [4.69, 9.17) is 4.74 Å². The lowest BCUT2D eigenvalue weighted by atomic mass is 10.3. The van der Waals surface area contributed by atoms with Gasteiger partial charge >= 0.3 is 5.97 Å². The zero-order valence-electron chi connectivity index (χ0n) is 9.69. The summed E-state index contributed by atoms with van der Waals surface area (Å²) >= 11 is 0. The van der Waals surface area contributed by atoms with Crippen LogP contribution in [0.2, 0.25) is 0 Å². The minimum atomic E-state index is -0.288. The van der Waals surface area contributed by atoms with Gasteiger partial charge in [-0.05, 0) is 6.07 Å². The third-order valence-electron chi connectivity index (χ3n) is 2.87. The summed E-state index contributed by atoms with van der Waals surface area (Å²) in [6.07, 6.45) is 1.97. The Morgan fingerprint density at radius 3 is 2.75 bits per heavy atom. The van der Waals surface area contributed by atoms with Crippen LogP contribution in [-0.4, -0.2) is 43.8 Å². The average Bonchev–Trinajstić information content (AvgIpc) is 2.71. The first-order valence-corrected chi connectivity index (χ1v) is 5.42.